The third-order valence-electron chi connectivity index (χ3n) is 4.45. The molecule has 0 atom stereocenters. The number of aromatic nitrogens is 1. The Kier molecular flexibility index (Phi) is 5.12. The van der Waals surface area contributed by atoms with Crippen molar-refractivity contribution in [3.8, 4) is 0 Å². The lowest BCUT2D eigenvalue weighted by atomic mass is 9.88. The molecule has 0 aliphatic carbocycles. The van der Waals surface area contributed by atoms with Crippen molar-refractivity contribution in [3.63, 3.8) is 0 Å². The number of rotatable bonds is 5. The summed E-state index contributed by atoms with van der Waals surface area (Å²) in [5.41, 5.74) is 2.12. The van der Waals surface area contributed by atoms with E-state index in [-0.39, 0.29) is 28.9 Å². The number of nitrogens with one attached hydrogen (secondary N) is 1. The first kappa shape index (κ1) is 18.3. The standard InChI is InChI=1S/C22H16F2N2OS/c23-16-11-18(24)21-19(12-16)28-22(26-21)25-20(27)13-17(14-7-3-1-4-8-14)15-9-5-2-6-10-15/h1-12,17H,13H2,(H,25,26,27). The number of carbonyl (C=O) groups excluding carboxylic acids is 1. The number of carbonyl (C=O) groups is 1. The van der Waals surface area contributed by atoms with Gasteiger partial charge in [0.2, 0.25) is 5.91 Å². The highest BCUT2D eigenvalue weighted by Gasteiger charge is 2.19. The molecule has 0 aliphatic heterocycles. The van der Waals surface area contributed by atoms with Crippen LogP contribution in [0.4, 0.5) is 13.9 Å². The van der Waals surface area contributed by atoms with E-state index in [1.165, 1.54) is 6.07 Å². The van der Waals surface area contributed by atoms with Crippen molar-refractivity contribution in [2.24, 2.45) is 0 Å². The monoisotopic (exact) mass is 394 g/mol. The molecule has 6 heteroatoms. The van der Waals surface area contributed by atoms with Crippen molar-refractivity contribution >= 4 is 32.6 Å². The molecule has 0 saturated heterocycles. The Bertz CT molecular complexity index is 1070. The molecule has 1 amide bonds. The summed E-state index contributed by atoms with van der Waals surface area (Å²) < 4.78 is 27.6. The highest BCUT2D eigenvalue weighted by Crippen LogP contribution is 2.31. The summed E-state index contributed by atoms with van der Waals surface area (Å²) in [4.78, 5) is 16.8. The van der Waals surface area contributed by atoms with Gasteiger partial charge in [0.25, 0.3) is 0 Å². The number of fused-ring (bicyclic) bond motifs is 1. The van der Waals surface area contributed by atoms with Crippen LogP contribution in [0.5, 0.6) is 0 Å². The Labute approximate surface area is 164 Å². The number of halogens is 2. The van der Waals surface area contributed by atoms with Crippen molar-refractivity contribution in [2.45, 2.75) is 12.3 Å². The van der Waals surface area contributed by atoms with Gasteiger partial charge in [0.1, 0.15) is 11.3 Å². The minimum atomic E-state index is -0.738. The summed E-state index contributed by atoms with van der Waals surface area (Å²) in [5.74, 6) is -1.76. The zero-order valence-electron chi connectivity index (χ0n) is 14.7. The number of hydrogen-bond donors (Lipinski definition) is 1. The minimum Gasteiger partial charge on any atom is -0.302 e. The molecule has 4 rings (SSSR count). The van der Waals surface area contributed by atoms with Gasteiger partial charge in [0.15, 0.2) is 10.9 Å². The summed E-state index contributed by atoms with van der Waals surface area (Å²) in [6.07, 6.45) is 0.209. The van der Waals surface area contributed by atoms with E-state index in [1.54, 1.807) is 0 Å². The predicted molar refractivity (Wildman–Crippen MR) is 108 cm³/mol. The second-order valence-corrected chi connectivity index (χ2v) is 7.41. The average Bonchev–Trinajstić information content (AvgIpc) is 3.10. The van der Waals surface area contributed by atoms with Crippen molar-refractivity contribution in [1.82, 2.24) is 4.98 Å². The number of anilines is 1. The van der Waals surface area contributed by atoms with Gasteiger partial charge >= 0.3 is 0 Å². The lowest BCUT2D eigenvalue weighted by Gasteiger charge is -2.17. The Morgan fingerprint density at radius 1 is 0.964 bits per heavy atom. The zero-order valence-corrected chi connectivity index (χ0v) is 15.5. The van der Waals surface area contributed by atoms with Gasteiger partial charge in [-0.05, 0) is 17.2 Å². The predicted octanol–water partition coefficient (Wildman–Crippen LogP) is 5.74. The third-order valence-corrected chi connectivity index (χ3v) is 5.37. The van der Waals surface area contributed by atoms with Crippen LogP contribution in [0.25, 0.3) is 10.2 Å². The quantitative estimate of drug-likeness (QED) is 0.469. The van der Waals surface area contributed by atoms with E-state index in [2.05, 4.69) is 10.3 Å². The second-order valence-electron chi connectivity index (χ2n) is 6.38. The van der Waals surface area contributed by atoms with Gasteiger partial charge in [-0.2, -0.15) is 0 Å². The maximum Gasteiger partial charge on any atom is 0.227 e. The summed E-state index contributed by atoms with van der Waals surface area (Å²) in [6, 6.07) is 21.6. The largest absolute Gasteiger partial charge is 0.302 e. The molecule has 0 radical (unpaired) electrons. The fourth-order valence-electron chi connectivity index (χ4n) is 3.17. The molecule has 3 nitrogen and oxygen atoms in total. The first-order valence-corrected chi connectivity index (χ1v) is 9.57. The molecule has 0 bridgehead atoms. The van der Waals surface area contributed by atoms with Gasteiger partial charge in [-0.25, -0.2) is 13.8 Å². The van der Waals surface area contributed by atoms with E-state index in [4.69, 9.17) is 0 Å². The van der Waals surface area contributed by atoms with Gasteiger partial charge in [-0.3, -0.25) is 4.79 Å². The lowest BCUT2D eigenvalue weighted by molar-refractivity contribution is -0.116. The lowest BCUT2D eigenvalue weighted by Crippen LogP contribution is -2.16. The van der Waals surface area contributed by atoms with Crippen molar-refractivity contribution in [3.05, 3.63) is 95.6 Å². The normalized spacial score (nSPS) is 11.1. The molecule has 1 N–H and O–H groups in total. The summed E-state index contributed by atoms with van der Waals surface area (Å²) in [6.45, 7) is 0. The average molecular weight is 394 g/mol. The van der Waals surface area contributed by atoms with E-state index in [0.29, 0.717) is 4.70 Å². The van der Waals surface area contributed by atoms with Gasteiger partial charge < -0.3 is 5.32 Å². The molecule has 0 fully saturated rings. The van der Waals surface area contributed by atoms with Crippen LogP contribution in [0.2, 0.25) is 0 Å². The maximum atomic E-state index is 13.8. The fraction of sp³-hybridized carbons (Fsp3) is 0.0909. The Morgan fingerprint density at radius 3 is 2.18 bits per heavy atom. The summed E-state index contributed by atoms with van der Waals surface area (Å²) >= 11 is 1.05. The number of hydrogen-bond acceptors (Lipinski definition) is 3. The molecule has 0 saturated carbocycles. The highest BCUT2D eigenvalue weighted by molar-refractivity contribution is 7.22. The van der Waals surface area contributed by atoms with Crippen molar-refractivity contribution in [2.75, 3.05) is 5.32 Å². The Hall–Kier alpha value is -3.12. The van der Waals surface area contributed by atoms with E-state index in [1.807, 2.05) is 60.7 Å². The maximum absolute atomic E-state index is 13.8. The van der Waals surface area contributed by atoms with Gasteiger partial charge in [0.05, 0.1) is 4.70 Å². The minimum absolute atomic E-state index is 0.0596. The van der Waals surface area contributed by atoms with Crippen LogP contribution in [0.3, 0.4) is 0 Å². The van der Waals surface area contributed by atoms with Crippen LogP contribution < -0.4 is 5.32 Å². The first-order chi connectivity index (χ1) is 13.6. The summed E-state index contributed by atoms with van der Waals surface area (Å²) in [5, 5.41) is 2.98. The van der Waals surface area contributed by atoms with Crippen LogP contribution >= 0.6 is 11.3 Å². The van der Waals surface area contributed by atoms with E-state index >= 15 is 0 Å². The van der Waals surface area contributed by atoms with Gasteiger partial charge in [0, 0.05) is 18.4 Å². The van der Waals surface area contributed by atoms with Crippen molar-refractivity contribution < 1.29 is 13.6 Å². The molecule has 4 aromatic rings. The molecule has 0 unspecified atom stereocenters. The van der Waals surface area contributed by atoms with Crippen LogP contribution in [0.15, 0.2) is 72.8 Å². The fourth-order valence-corrected chi connectivity index (χ4v) is 4.09. The zero-order chi connectivity index (χ0) is 19.5. The van der Waals surface area contributed by atoms with E-state index in [9.17, 15) is 13.6 Å². The van der Waals surface area contributed by atoms with Crippen molar-refractivity contribution in [1.29, 1.82) is 0 Å². The number of nitrogens with zero attached hydrogens (tertiary/aromatic N) is 1. The highest BCUT2D eigenvalue weighted by atomic mass is 32.1. The van der Waals surface area contributed by atoms with Crippen LogP contribution in [0, 0.1) is 11.6 Å². The first-order valence-electron chi connectivity index (χ1n) is 8.75. The van der Waals surface area contributed by atoms with Crippen LogP contribution in [0.1, 0.15) is 23.5 Å². The second kappa shape index (κ2) is 7.86. The third kappa shape index (κ3) is 3.92. The molecular formula is C22H16F2N2OS. The van der Waals surface area contributed by atoms with Gasteiger partial charge in [-0.15, -0.1) is 0 Å². The topological polar surface area (TPSA) is 42.0 Å². The molecule has 140 valence electrons. The van der Waals surface area contributed by atoms with Crippen LogP contribution in [-0.4, -0.2) is 10.9 Å². The van der Waals surface area contributed by atoms with Gasteiger partial charge in [-0.1, -0.05) is 72.0 Å². The molecular weight excluding hydrogens is 378 g/mol. The molecule has 28 heavy (non-hydrogen) atoms. The van der Waals surface area contributed by atoms with Crippen LogP contribution in [-0.2, 0) is 4.79 Å². The smallest absolute Gasteiger partial charge is 0.227 e. The number of amides is 1. The Morgan fingerprint density at radius 2 is 1.57 bits per heavy atom. The molecule has 0 spiro atoms. The number of thiazole rings is 1. The summed E-state index contributed by atoms with van der Waals surface area (Å²) in [7, 11) is 0. The Balaban J connectivity index is 1.58. The SMILES string of the molecule is O=C(CC(c1ccccc1)c1ccccc1)Nc1nc2c(F)cc(F)cc2s1. The molecule has 1 heterocycles. The molecule has 3 aromatic carbocycles. The van der Waals surface area contributed by atoms with E-state index < -0.39 is 11.6 Å². The molecule has 1 aromatic heterocycles. The number of benzene rings is 3. The molecule has 0 aliphatic rings. The van der Waals surface area contributed by atoms with E-state index in [0.717, 1.165) is 28.5 Å².